The number of aromatic nitrogens is 2. The summed E-state index contributed by atoms with van der Waals surface area (Å²) in [7, 11) is 2.03. The second-order valence-corrected chi connectivity index (χ2v) is 6.73. The third kappa shape index (κ3) is 3.25. The monoisotopic (exact) mass is 324 g/mol. The van der Waals surface area contributed by atoms with Gasteiger partial charge in [-0.05, 0) is 18.9 Å². The highest BCUT2D eigenvalue weighted by atomic mass is 16.1. The van der Waals surface area contributed by atoms with Crippen molar-refractivity contribution >= 4 is 11.7 Å². The fraction of sp³-hybridized carbons (Fsp3) is 0.421. The van der Waals surface area contributed by atoms with Crippen LogP contribution < -0.4 is 10.2 Å². The number of amides is 1. The highest BCUT2D eigenvalue weighted by Crippen LogP contribution is 2.26. The van der Waals surface area contributed by atoms with Crippen molar-refractivity contribution in [2.75, 3.05) is 18.5 Å². The number of nitrogens with zero attached hydrogens (tertiary/aromatic N) is 3. The molecule has 1 aromatic heterocycles. The first-order valence-electron chi connectivity index (χ1n) is 8.41. The number of aryl methyl sites for hydroxylation is 1. The Balaban J connectivity index is 1.98. The quantitative estimate of drug-likeness (QED) is 0.939. The molecule has 24 heavy (non-hydrogen) atoms. The number of anilines is 1. The van der Waals surface area contributed by atoms with Crippen molar-refractivity contribution in [3.63, 3.8) is 0 Å². The van der Waals surface area contributed by atoms with E-state index in [1.165, 1.54) is 11.1 Å². The van der Waals surface area contributed by atoms with E-state index in [2.05, 4.69) is 46.4 Å². The lowest BCUT2D eigenvalue weighted by molar-refractivity contribution is 0.0940. The molecule has 0 atom stereocenters. The van der Waals surface area contributed by atoms with E-state index in [0.717, 1.165) is 30.2 Å². The summed E-state index contributed by atoms with van der Waals surface area (Å²) in [4.78, 5) is 23.6. The molecule has 5 nitrogen and oxygen atoms in total. The third-order valence-electron chi connectivity index (χ3n) is 4.30. The topological polar surface area (TPSA) is 58.1 Å². The maximum absolute atomic E-state index is 12.2. The summed E-state index contributed by atoms with van der Waals surface area (Å²) in [6.07, 6.45) is 0.771. The van der Waals surface area contributed by atoms with E-state index in [1.807, 2.05) is 20.9 Å². The van der Waals surface area contributed by atoms with Crippen LogP contribution in [0.2, 0.25) is 0 Å². The minimum absolute atomic E-state index is 0.0921. The van der Waals surface area contributed by atoms with Crippen LogP contribution in [-0.2, 0) is 13.0 Å². The molecule has 0 fully saturated rings. The van der Waals surface area contributed by atoms with Crippen molar-refractivity contribution in [3.05, 3.63) is 52.5 Å². The van der Waals surface area contributed by atoms with Crippen molar-refractivity contribution in [3.8, 4) is 0 Å². The molecular formula is C19H24N4O. The number of benzene rings is 1. The zero-order chi connectivity index (χ0) is 17.3. The Morgan fingerprint density at radius 1 is 1.21 bits per heavy atom. The molecule has 2 aromatic rings. The van der Waals surface area contributed by atoms with Crippen molar-refractivity contribution in [2.45, 2.75) is 39.7 Å². The molecular weight excluding hydrogens is 300 g/mol. The largest absolute Gasteiger partial charge is 0.355 e. The molecule has 126 valence electrons. The molecule has 1 aliphatic heterocycles. The van der Waals surface area contributed by atoms with Crippen LogP contribution in [0, 0.1) is 6.92 Å². The number of hydrogen-bond acceptors (Lipinski definition) is 4. The van der Waals surface area contributed by atoms with Gasteiger partial charge in [-0.3, -0.25) is 4.79 Å². The van der Waals surface area contributed by atoms with Gasteiger partial charge in [-0.25, -0.2) is 9.97 Å². The van der Waals surface area contributed by atoms with E-state index in [0.29, 0.717) is 12.2 Å². The molecule has 0 spiro atoms. The predicted molar refractivity (Wildman–Crippen MR) is 95.4 cm³/mol. The van der Waals surface area contributed by atoms with Gasteiger partial charge in [0, 0.05) is 31.6 Å². The maximum atomic E-state index is 12.2. The highest BCUT2D eigenvalue weighted by Gasteiger charge is 2.25. The second kappa shape index (κ2) is 6.59. The second-order valence-electron chi connectivity index (χ2n) is 6.73. The lowest BCUT2D eigenvalue weighted by Crippen LogP contribution is -2.35. The molecule has 5 heteroatoms. The first kappa shape index (κ1) is 16.4. The molecule has 0 saturated carbocycles. The van der Waals surface area contributed by atoms with Crippen LogP contribution in [0.4, 0.5) is 5.82 Å². The summed E-state index contributed by atoms with van der Waals surface area (Å²) in [6, 6.07) is 8.50. The molecule has 0 radical (unpaired) electrons. The van der Waals surface area contributed by atoms with Crippen molar-refractivity contribution in [2.24, 2.45) is 0 Å². The van der Waals surface area contributed by atoms with Crippen LogP contribution in [0.15, 0.2) is 24.3 Å². The molecule has 3 rings (SSSR count). The Labute approximate surface area is 143 Å². The molecule has 1 aliphatic rings. The molecule has 0 unspecified atom stereocenters. The Bertz CT molecular complexity index is 753. The number of rotatable bonds is 4. The molecule has 0 aliphatic carbocycles. The summed E-state index contributed by atoms with van der Waals surface area (Å²) in [6.45, 7) is 7.57. The third-order valence-corrected chi connectivity index (χ3v) is 4.30. The molecule has 1 amide bonds. The van der Waals surface area contributed by atoms with Gasteiger partial charge >= 0.3 is 0 Å². The predicted octanol–water partition coefficient (Wildman–Crippen LogP) is 2.83. The minimum Gasteiger partial charge on any atom is -0.355 e. The Morgan fingerprint density at radius 2 is 1.92 bits per heavy atom. The van der Waals surface area contributed by atoms with E-state index in [1.54, 1.807) is 0 Å². The minimum atomic E-state index is -0.0921. The first-order chi connectivity index (χ1) is 11.5. The normalized spacial score (nSPS) is 13.6. The first-order valence-corrected chi connectivity index (χ1v) is 8.41. The van der Waals surface area contributed by atoms with Gasteiger partial charge in [-0.15, -0.1) is 0 Å². The molecule has 2 heterocycles. The Hall–Kier alpha value is -2.43. The van der Waals surface area contributed by atoms with Gasteiger partial charge in [0.2, 0.25) is 0 Å². The average Bonchev–Trinajstić information content (AvgIpc) is 2.56. The lowest BCUT2D eigenvalue weighted by Gasteiger charge is -2.26. The number of nitrogens with one attached hydrogen (secondary N) is 1. The van der Waals surface area contributed by atoms with Crippen molar-refractivity contribution < 1.29 is 4.79 Å². The molecule has 0 saturated heterocycles. The maximum Gasteiger partial charge on any atom is 0.270 e. The van der Waals surface area contributed by atoms with Crippen LogP contribution in [0.3, 0.4) is 0 Å². The van der Waals surface area contributed by atoms with E-state index in [4.69, 9.17) is 4.98 Å². The summed E-state index contributed by atoms with van der Waals surface area (Å²) in [5.74, 6) is 1.68. The zero-order valence-corrected chi connectivity index (χ0v) is 14.8. The Kier molecular flexibility index (Phi) is 4.51. The van der Waals surface area contributed by atoms with Gasteiger partial charge in [0.15, 0.2) is 0 Å². The van der Waals surface area contributed by atoms with Crippen LogP contribution in [0.1, 0.15) is 52.8 Å². The zero-order valence-electron chi connectivity index (χ0n) is 14.8. The summed E-state index contributed by atoms with van der Waals surface area (Å²) < 4.78 is 0. The number of fused-ring (bicyclic) bond motifs is 1. The number of hydrogen-bond donors (Lipinski definition) is 1. The van der Waals surface area contributed by atoms with Crippen LogP contribution >= 0.6 is 0 Å². The fourth-order valence-electron chi connectivity index (χ4n) is 2.91. The molecule has 1 aromatic carbocycles. The van der Waals surface area contributed by atoms with E-state index < -0.39 is 0 Å². The summed E-state index contributed by atoms with van der Waals surface area (Å²) in [5, 5.41) is 2.88. The summed E-state index contributed by atoms with van der Waals surface area (Å²) >= 11 is 0. The Morgan fingerprint density at radius 3 is 2.58 bits per heavy atom. The van der Waals surface area contributed by atoms with Gasteiger partial charge in [0.25, 0.3) is 5.91 Å². The molecule has 0 bridgehead atoms. The van der Waals surface area contributed by atoms with Gasteiger partial charge in [0.1, 0.15) is 17.3 Å². The van der Waals surface area contributed by atoms with Crippen LogP contribution in [0.25, 0.3) is 0 Å². The van der Waals surface area contributed by atoms with E-state index >= 15 is 0 Å². The van der Waals surface area contributed by atoms with Gasteiger partial charge in [-0.2, -0.15) is 0 Å². The van der Waals surface area contributed by atoms with E-state index in [9.17, 15) is 4.79 Å². The highest BCUT2D eigenvalue weighted by molar-refractivity contribution is 5.96. The fourth-order valence-corrected chi connectivity index (χ4v) is 2.91. The summed E-state index contributed by atoms with van der Waals surface area (Å²) in [5.41, 5.74) is 3.96. The number of carbonyl (C=O) groups is 1. The SMILES string of the molecule is Cc1ccc(CN(C)c2nc(C(C)C)nc3c2CCNC3=O)cc1. The van der Waals surface area contributed by atoms with Crippen LogP contribution in [-0.4, -0.2) is 29.5 Å². The van der Waals surface area contributed by atoms with Crippen molar-refractivity contribution in [1.82, 2.24) is 15.3 Å². The average molecular weight is 324 g/mol. The van der Waals surface area contributed by atoms with Crippen molar-refractivity contribution in [1.29, 1.82) is 0 Å². The van der Waals surface area contributed by atoms with Crippen LogP contribution in [0.5, 0.6) is 0 Å². The van der Waals surface area contributed by atoms with E-state index in [-0.39, 0.29) is 11.8 Å². The lowest BCUT2D eigenvalue weighted by atomic mass is 10.0. The van der Waals surface area contributed by atoms with Gasteiger partial charge in [0.05, 0.1) is 0 Å². The molecule has 1 N–H and O–H groups in total. The standard InChI is InChI=1S/C19H24N4O/c1-12(2)17-21-16-15(9-10-20-19(16)24)18(22-17)23(4)11-14-7-5-13(3)6-8-14/h5-8,12H,9-11H2,1-4H3,(H,20,24). The van der Waals surface area contributed by atoms with Gasteiger partial charge < -0.3 is 10.2 Å². The smallest absolute Gasteiger partial charge is 0.270 e. The number of carbonyl (C=O) groups excluding carboxylic acids is 1. The van der Waals surface area contributed by atoms with Gasteiger partial charge in [-0.1, -0.05) is 43.7 Å².